The Hall–Kier alpha value is -1.01. The van der Waals surface area contributed by atoms with Crippen molar-refractivity contribution >= 4 is 11.6 Å². The third-order valence-corrected chi connectivity index (χ3v) is 2.01. The van der Waals surface area contributed by atoms with E-state index in [2.05, 4.69) is 0 Å². The molecule has 0 bridgehead atoms. The Labute approximate surface area is 88.3 Å². The van der Waals surface area contributed by atoms with Crippen molar-refractivity contribution in [1.29, 1.82) is 0 Å². The van der Waals surface area contributed by atoms with Gasteiger partial charge < -0.3 is 10.3 Å². The SMILES string of the molecule is NCCn1cc(C(F)(F)F)cc(Cl)c1=O. The lowest BCUT2D eigenvalue weighted by atomic mass is 10.2. The summed E-state index contributed by atoms with van der Waals surface area (Å²) in [6, 6.07) is 0.608. The van der Waals surface area contributed by atoms with Gasteiger partial charge in [0, 0.05) is 19.3 Å². The number of alkyl halides is 3. The van der Waals surface area contributed by atoms with Gasteiger partial charge in [0.15, 0.2) is 0 Å². The molecule has 0 amide bonds. The maximum absolute atomic E-state index is 12.3. The topological polar surface area (TPSA) is 48.0 Å². The molecule has 0 aromatic carbocycles. The molecule has 1 rings (SSSR count). The molecule has 1 aromatic rings. The van der Waals surface area contributed by atoms with Crippen molar-refractivity contribution < 1.29 is 13.2 Å². The summed E-state index contributed by atoms with van der Waals surface area (Å²) >= 11 is 5.39. The number of pyridine rings is 1. The number of hydrogen-bond acceptors (Lipinski definition) is 2. The van der Waals surface area contributed by atoms with Crippen LogP contribution in [0.2, 0.25) is 5.02 Å². The smallest absolute Gasteiger partial charge is 0.329 e. The lowest BCUT2D eigenvalue weighted by Gasteiger charge is -2.10. The first-order valence-electron chi connectivity index (χ1n) is 4.03. The largest absolute Gasteiger partial charge is 0.417 e. The molecule has 7 heteroatoms. The van der Waals surface area contributed by atoms with Crippen LogP contribution in [0.15, 0.2) is 17.1 Å². The summed E-state index contributed by atoms with van der Waals surface area (Å²) in [5.74, 6) is 0. The van der Waals surface area contributed by atoms with E-state index in [4.69, 9.17) is 17.3 Å². The van der Waals surface area contributed by atoms with E-state index in [0.717, 1.165) is 4.57 Å². The van der Waals surface area contributed by atoms with Crippen molar-refractivity contribution in [2.24, 2.45) is 5.73 Å². The van der Waals surface area contributed by atoms with Gasteiger partial charge in [-0.25, -0.2) is 0 Å². The highest BCUT2D eigenvalue weighted by Crippen LogP contribution is 2.29. The molecule has 1 heterocycles. The summed E-state index contributed by atoms with van der Waals surface area (Å²) in [5.41, 5.74) is 3.53. The second-order valence-electron chi connectivity index (χ2n) is 2.86. The van der Waals surface area contributed by atoms with E-state index in [0.29, 0.717) is 12.3 Å². The number of aromatic nitrogens is 1. The Balaban J connectivity index is 3.30. The average molecular weight is 241 g/mol. The van der Waals surface area contributed by atoms with Gasteiger partial charge in [-0.3, -0.25) is 4.79 Å². The van der Waals surface area contributed by atoms with E-state index in [1.807, 2.05) is 0 Å². The van der Waals surface area contributed by atoms with Crippen molar-refractivity contribution in [3.63, 3.8) is 0 Å². The highest BCUT2D eigenvalue weighted by atomic mass is 35.5. The molecule has 0 spiro atoms. The highest BCUT2D eigenvalue weighted by molar-refractivity contribution is 6.30. The van der Waals surface area contributed by atoms with Crippen LogP contribution < -0.4 is 11.3 Å². The van der Waals surface area contributed by atoms with Crippen LogP contribution in [0.5, 0.6) is 0 Å². The van der Waals surface area contributed by atoms with Gasteiger partial charge in [-0.15, -0.1) is 0 Å². The Kier molecular flexibility index (Phi) is 3.41. The zero-order chi connectivity index (χ0) is 11.6. The normalized spacial score (nSPS) is 11.8. The van der Waals surface area contributed by atoms with Crippen LogP contribution in [-0.4, -0.2) is 11.1 Å². The Morgan fingerprint density at radius 1 is 1.47 bits per heavy atom. The molecule has 0 radical (unpaired) electrons. The van der Waals surface area contributed by atoms with Crippen molar-refractivity contribution in [2.75, 3.05) is 6.54 Å². The fraction of sp³-hybridized carbons (Fsp3) is 0.375. The fourth-order valence-electron chi connectivity index (χ4n) is 1.06. The summed E-state index contributed by atoms with van der Waals surface area (Å²) in [5, 5.41) is -0.460. The van der Waals surface area contributed by atoms with Gasteiger partial charge >= 0.3 is 6.18 Å². The predicted molar refractivity (Wildman–Crippen MR) is 49.8 cm³/mol. The van der Waals surface area contributed by atoms with E-state index in [1.54, 1.807) is 0 Å². The third kappa shape index (κ3) is 2.73. The predicted octanol–water partition coefficient (Wildman–Crippen LogP) is 1.48. The van der Waals surface area contributed by atoms with E-state index in [1.165, 1.54) is 0 Å². The number of nitrogens with zero attached hydrogens (tertiary/aromatic N) is 1. The molecule has 1 aromatic heterocycles. The van der Waals surface area contributed by atoms with Gasteiger partial charge in [0.05, 0.1) is 5.56 Å². The summed E-state index contributed by atoms with van der Waals surface area (Å²) in [6.07, 6.45) is -3.81. The van der Waals surface area contributed by atoms with Gasteiger partial charge in [-0.1, -0.05) is 11.6 Å². The van der Waals surface area contributed by atoms with E-state index < -0.39 is 22.3 Å². The van der Waals surface area contributed by atoms with E-state index in [-0.39, 0.29) is 13.1 Å². The van der Waals surface area contributed by atoms with Gasteiger partial charge in [-0.2, -0.15) is 13.2 Å². The molecule has 0 aliphatic carbocycles. The molecule has 0 aliphatic heterocycles. The maximum Gasteiger partial charge on any atom is 0.417 e. The Bertz CT molecular complexity index is 413. The number of nitrogens with two attached hydrogens (primary N) is 1. The first-order valence-corrected chi connectivity index (χ1v) is 4.41. The van der Waals surface area contributed by atoms with E-state index in [9.17, 15) is 18.0 Å². The van der Waals surface area contributed by atoms with Crippen LogP contribution >= 0.6 is 11.6 Å². The minimum Gasteiger partial charge on any atom is -0.329 e. The van der Waals surface area contributed by atoms with Crippen molar-refractivity contribution in [3.05, 3.63) is 33.2 Å². The molecule has 0 fully saturated rings. The van der Waals surface area contributed by atoms with Crippen LogP contribution in [0.3, 0.4) is 0 Å². The highest BCUT2D eigenvalue weighted by Gasteiger charge is 2.31. The molecule has 2 N–H and O–H groups in total. The number of rotatable bonds is 2. The minimum absolute atomic E-state index is 0.00245. The Morgan fingerprint density at radius 3 is 2.53 bits per heavy atom. The van der Waals surface area contributed by atoms with Crippen molar-refractivity contribution in [1.82, 2.24) is 4.57 Å². The second kappa shape index (κ2) is 4.24. The fourth-order valence-corrected chi connectivity index (χ4v) is 1.29. The van der Waals surface area contributed by atoms with Crippen LogP contribution in [0, 0.1) is 0 Å². The number of hydrogen-bond donors (Lipinski definition) is 1. The summed E-state index contributed by atoms with van der Waals surface area (Å²) in [4.78, 5) is 11.2. The summed E-state index contributed by atoms with van der Waals surface area (Å²) in [6.45, 7) is 0.0695. The Morgan fingerprint density at radius 2 is 2.07 bits per heavy atom. The minimum atomic E-state index is -4.52. The molecular weight excluding hydrogens is 233 g/mol. The molecule has 3 nitrogen and oxygen atoms in total. The van der Waals surface area contributed by atoms with Gasteiger partial charge in [-0.05, 0) is 6.07 Å². The molecule has 0 unspecified atom stereocenters. The molecule has 84 valence electrons. The van der Waals surface area contributed by atoms with Crippen LogP contribution in [0.4, 0.5) is 13.2 Å². The quantitative estimate of drug-likeness (QED) is 0.851. The average Bonchev–Trinajstić information content (AvgIpc) is 2.11. The third-order valence-electron chi connectivity index (χ3n) is 1.74. The number of halogens is 4. The van der Waals surface area contributed by atoms with Crippen LogP contribution in [0.25, 0.3) is 0 Å². The first kappa shape index (κ1) is 12.1. The van der Waals surface area contributed by atoms with E-state index >= 15 is 0 Å². The van der Waals surface area contributed by atoms with Gasteiger partial charge in [0.2, 0.25) is 0 Å². The maximum atomic E-state index is 12.3. The lowest BCUT2D eigenvalue weighted by Crippen LogP contribution is -2.25. The zero-order valence-corrected chi connectivity index (χ0v) is 8.27. The molecule has 15 heavy (non-hydrogen) atoms. The lowest BCUT2D eigenvalue weighted by molar-refractivity contribution is -0.138. The zero-order valence-electron chi connectivity index (χ0n) is 7.51. The van der Waals surface area contributed by atoms with Crippen LogP contribution in [0.1, 0.15) is 5.56 Å². The summed E-state index contributed by atoms with van der Waals surface area (Å²) in [7, 11) is 0. The second-order valence-corrected chi connectivity index (χ2v) is 3.27. The van der Waals surface area contributed by atoms with Gasteiger partial charge in [0.25, 0.3) is 5.56 Å². The monoisotopic (exact) mass is 240 g/mol. The molecule has 0 saturated carbocycles. The molecule has 0 saturated heterocycles. The first-order chi connectivity index (χ1) is 6.86. The van der Waals surface area contributed by atoms with Crippen LogP contribution in [-0.2, 0) is 12.7 Å². The summed E-state index contributed by atoms with van der Waals surface area (Å²) < 4.78 is 37.8. The standard InChI is InChI=1S/C8H8ClF3N2O/c9-6-3-5(8(10,11)12)4-14(2-1-13)7(6)15/h3-4H,1-2,13H2. The van der Waals surface area contributed by atoms with Crippen molar-refractivity contribution in [2.45, 2.75) is 12.7 Å². The van der Waals surface area contributed by atoms with Gasteiger partial charge in [0.1, 0.15) is 5.02 Å². The molecular formula is C8H8ClF3N2O. The van der Waals surface area contributed by atoms with Crippen molar-refractivity contribution in [3.8, 4) is 0 Å². The molecule has 0 aliphatic rings. The molecule has 0 atom stereocenters.